The number of rotatable bonds is 12. The Bertz CT molecular complexity index is 934. The molecule has 38 heavy (non-hydrogen) atoms. The van der Waals surface area contributed by atoms with Crippen LogP contribution in [0.3, 0.4) is 0 Å². The maximum atomic E-state index is 14.4. The molecule has 0 aliphatic carbocycles. The fraction of sp³-hybridized carbons (Fsp3) is 0.710. The molecule has 216 valence electrons. The average Bonchev–Trinajstić information content (AvgIpc) is 2.74. The Morgan fingerprint density at radius 1 is 0.868 bits per heavy atom. The summed E-state index contributed by atoms with van der Waals surface area (Å²) in [7, 11) is 0. The van der Waals surface area contributed by atoms with Crippen molar-refractivity contribution in [3.63, 3.8) is 0 Å². The number of carbonyl (C=O) groups is 3. The van der Waals surface area contributed by atoms with Crippen LogP contribution in [-0.2, 0) is 14.3 Å². The summed E-state index contributed by atoms with van der Waals surface area (Å²) >= 11 is 0. The summed E-state index contributed by atoms with van der Waals surface area (Å²) in [4.78, 5) is 42.7. The molecule has 3 atom stereocenters. The van der Waals surface area contributed by atoms with Crippen LogP contribution in [0.4, 0.5) is 4.79 Å². The monoisotopic (exact) mass is 531 g/mol. The first-order valence-corrected chi connectivity index (χ1v) is 14.1. The van der Waals surface area contributed by atoms with Gasteiger partial charge in [0.05, 0.1) is 0 Å². The molecule has 1 aromatic rings. The second-order valence-electron chi connectivity index (χ2n) is 12.8. The average molecular weight is 532 g/mol. The highest BCUT2D eigenvalue weighted by Gasteiger charge is 2.39. The Morgan fingerprint density at radius 2 is 1.47 bits per heavy atom. The van der Waals surface area contributed by atoms with Crippen molar-refractivity contribution < 1.29 is 19.1 Å². The van der Waals surface area contributed by atoms with Gasteiger partial charge in [-0.05, 0) is 103 Å². The molecule has 0 bridgehead atoms. The second kappa shape index (κ2) is 14.5. The summed E-state index contributed by atoms with van der Waals surface area (Å²) in [5.41, 5.74) is 2.24. The molecule has 0 aliphatic rings. The topological polar surface area (TPSA) is 87.7 Å². The lowest BCUT2D eigenvalue weighted by Gasteiger charge is -2.39. The molecule has 2 N–H and O–H groups in total. The number of nitrogens with zero attached hydrogens (tertiary/aromatic N) is 1. The normalized spacial score (nSPS) is 14.3. The molecule has 3 unspecified atom stereocenters. The van der Waals surface area contributed by atoms with E-state index >= 15 is 0 Å². The maximum Gasteiger partial charge on any atom is 0.408 e. The van der Waals surface area contributed by atoms with Crippen LogP contribution in [0, 0.1) is 25.7 Å². The zero-order valence-corrected chi connectivity index (χ0v) is 25.9. The molecule has 1 rings (SSSR count). The van der Waals surface area contributed by atoms with Crippen LogP contribution in [0.15, 0.2) is 18.2 Å². The van der Waals surface area contributed by atoms with Gasteiger partial charge in [-0.15, -0.1) is 0 Å². The number of benzene rings is 1. The molecule has 0 aromatic heterocycles. The lowest BCUT2D eigenvalue weighted by atomic mass is 9.94. The number of hydrogen-bond donors (Lipinski definition) is 2. The third kappa shape index (κ3) is 11.0. The Hall–Kier alpha value is -2.57. The van der Waals surface area contributed by atoms with E-state index in [-0.39, 0.29) is 29.8 Å². The summed E-state index contributed by atoms with van der Waals surface area (Å²) < 4.78 is 5.49. The van der Waals surface area contributed by atoms with Crippen molar-refractivity contribution in [3.8, 4) is 0 Å². The Morgan fingerprint density at radius 3 is 1.95 bits per heavy atom. The summed E-state index contributed by atoms with van der Waals surface area (Å²) in [5, 5.41) is 5.86. The number of hydrogen-bond acceptors (Lipinski definition) is 4. The van der Waals surface area contributed by atoms with Crippen molar-refractivity contribution >= 4 is 17.9 Å². The standard InChI is InChI=1S/C31H53N3O4/c1-19(2)13-15-24(9)34(29(36)26(17-20(3)4)33-30(37)38-31(10,11)12)27(28(35)32-21(5)6)25-16-14-22(7)23(8)18-25/h14,16,18-21,24,26-27H,13,15,17H2,1-12H3,(H,32,35)(H,33,37). The van der Waals surface area contributed by atoms with E-state index in [1.165, 1.54) is 0 Å². The molecule has 0 saturated carbocycles. The van der Waals surface area contributed by atoms with Crippen molar-refractivity contribution in [2.75, 3.05) is 0 Å². The van der Waals surface area contributed by atoms with E-state index in [1.807, 2.05) is 66.7 Å². The smallest absolute Gasteiger partial charge is 0.408 e. The van der Waals surface area contributed by atoms with Gasteiger partial charge >= 0.3 is 6.09 Å². The molecule has 0 fully saturated rings. The van der Waals surface area contributed by atoms with Gasteiger partial charge in [0.25, 0.3) is 0 Å². The Kier molecular flexibility index (Phi) is 12.8. The molecule has 7 heteroatoms. The van der Waals surface area contributed by atoms with E-state index in [1.54, 1.807) is 25.7 Å². The zero-order chi connectivity index (χ0) is 29.4. The molecule has 0 aliphatic heterocycles. The summed E-state index contributed by atoms with van der Waals surface area (Å²) in [6.45, 7) is 23.5. The summed E-state index contributed by atoms with van der Waals surface area (Å²) in [5.74, 6) is 0.0816. The van der Waals surface area contributed by atoms with Crippen LogP contribution in [-0.4, -0.2) is 46.5 Å². The first kappa shape index (κ1) is 33.5. The van der Waals surface area contributed by atoms with E-state index in [2.05, 4.69) is 24.5 Å². The second-order valence-corrected chi connectivity index (χ2v) is 12.8. The minimum Gasteiger partial charge on any atom is -0.444 e. The molecule has 1 aromatic carbocycles. The number of alkyl carbamates (subject to hydrolysis) is 1. The maximum absolute atomic E-state index is 14.4. The molecule has 0 saturated heterocycles. The molecular weight excluding hydrogens is 478 g/mol. The van der Waals surface area contributed by atoms with Crippen LogP contribution in [0.2, 0.25) is 0 Å². The van der Waals surface area contributed by atoms with Crippen LogP contribution in [0.5, 0.6) is 0 Å². The molecular formula is C31H53N3O4. The number of nitrogens with one attached hydrogen (secondary N) is 2. The number of carbonyl (C=O) groups excluding carboxylic acids is 3. The predicted molar refractivity (Wildman–Crippen MR) is 155 cm³/mol. The zero-order valence-electron chi connectivity index (χ0n) is 25.9. The number of amides is 3. The van der Waals surface area contributed by atoms with Crippen molar-refractivity contribution in [1.82, 2.24) is 15.5 Å². The fourth-order valence-electron chi connectivity index (χ4n) is 4.37. The minimum atomic E-state index is -0.832. The number of ether oxygens (including phenoxy) is 1. The minimum absolute atomic E-state index is 0.0918. The van der Waals surface area contributed by atoms with Gasteiger partial charge in [-0.1, -0.05) is 45.9 Å². The quantitative estimate of drug-likeness (QED) is 0.324. The number of aryl methyl sites for hydroxylation is 2. The lowest BCUT2D eigenvalue weighted by Crippen LogP contribution is -2.56. The molecule has 0 spiro atoms. The van der Waals surface area contributed by atoms with Gasteiger partial charge in [0.1, 0.15) is 17.7 Å². The molecule has 0 heterocycles. The van der Waals surface area contributed by atoms with Gasteiger partial charge in [0, 0.05) is 12.1 Å². The van der Waals surface area contributed by atoms with E-state index in [9.17, 15) is 14.4 Å². The van der Waals surface area contributed by atoms with Crippen LogP contribution in [0.1, 0.15) is 111 Å². The summed E-state index contributed by atoms with van der Waals surface area (Å²) in [6, 6.07) is 3.94. The van der Waals surface area contributed by atoms with Gasteiger partial charge in [0.2, 0.25) is 11.8 Å². The van der Waals surface area contributed by atoms with E-state index in [4.69, 9.17) is 4.74 Å². The highest BCUT2D eigenvalue weighted by molar-refractivity contribution is 5.92. The van der Waals surface area contributed by atoms with Gasteiger partial charge in [-0.3, -0.25) is 9.59 Å². The SMILES string of the molecule is Cc1ccc(C(C(=O)NC(C)C)N(C(=O)C(CC(C)C)NC(=O)OC(C)(C)C)C(C)CCC(C)C)cc1C. The lowest BCUT2D eigenvalue weighted by molar-refractivity contribution is -0.145. The van der Waals surface area contributed by atoms with Crippen molar-refractivity contribution in [1.29, 1.82) is 0 Å². The van der Waals surface area contributed by atoms with Crippen molar-refractivity contribution in [3.05, 3.63) is 34.9 Å². The first-order chi connectivity index (χ1) is 17.4. The van der Waals surface area contributed by atoms with E-state index < -0.39 is 23.8 Å². The third-order valence-corrected chi connectivity index (χ3v) is 6.39. The van der Waals surface area contributed by atoms with Crippen LogP contribution < -0.4 is 10.6 Å². The van der Waals surface area contributed by atoms with Gasteiger partial charge in [-0.25, -0.2) is 4.79 Å². The van der Waals surface area contributed by atoms with E-state index in [0.29, 0.717) is 12.3 Å². The van der Waals surface area contributed by atoms with Crippen LogP contribution >= 0.6 is 0 Å². The highest BCUT2D eigenvalue weighted by Crippen LogP contribution is 2.29. The van der Waals surface area contributed by atoms with Gasteiger partial charge in [0.15, 0.2) is 0 Å². The summed E-state index contributed by atoms with van der Waals surface area (Å²) in [6.07, 6.45) is 1.43. The van der Waals surface area contributed by atoms with Crippen molar-refractivity contribution in [2.24, 2.45) is 11.8 Å². The molecule has 7 nitrogen and oxygen atoms in total. The van der Waals surface area contributed by atoms with Crippen molar-refractivity contribution in [2.45, 2.75) is 132 Å². The Balaban J connectivity index is 3.66. The highest BCUT2D eigenvalue weighted by atomic mass is 16.6. The van der Waals surface area contributed by atoms with E-state index in [0.717, 1.165) is 29.5 Å². The third-order valence-electron chi connectivity index (χ3n) is 6.39. The first-order valence-electron chi connectivity index (χ1n) is 14.1. The van der Waals surface area contributed by atoms with Crippen LogP contribution in [0.25, 0.3) is 0 Å². The fourth-order valence-corrected chi connectivity index (χ4v) is 4.37. The van der Waals surface area contributed by atoms with Gasteiger partial charge in [-0.2, -0.15) is 0 Å². The molecule has 3 amide bonds. The Labute approximate surface area is 231 Å². The molecule has 0 radical (unpaired) electrons. The van der Waals surface area contributed by atoms with Gasteiger partial charge < -0.3 is 20.3 Å². The largest absolute Gasteiger partial charge is 0.444 e. The predicted octanol–water partition coefficient (Wildman–Crippen LogP) is 6.46.